The third kappa shape index (κ3) is 5.55. The molecule has 0 spiro atoms. The number of carbonyl (C=O) groups is 2. The average molecular weight is 496 g/mol. The standard InChI is InChI=1S/C20H25N5O6S2/c1-24(2)32(28,29)17-6-3-5-16(13-17)20(27)23-22-19(26)15-8-11-25(12-9-15)33(30,31)18-7-4-10-21-14-18/h3-7,10,13-15H,8-9,11-12H2,1-2H3,(H,22,26)(H,23,27). The Kier molecular flexibility index (Phi) is 7.47. The van der Waals surface area contributed by atoms with E-state index >= 15 is 0 Å². The van der Waals surface area contributed by atoms with Gasteiger partial charge in [0.1, 0.15) is 4.90 Å². The van der Waals surface area contributed by atoms with Gasteiger partial charge in [-0.05, 0) is 43.2 Å². The maximum absolute atomic E-state index is 12.7. The molecule has 1 aromatic heterocycles. The number of aromatic nitrogens is 1. The van der Waals surface area contributed by atoms with Crippen molar-refractivity contribution < 1.29 is 26.4 Å². The van der Waals surface area contributed by atoms with Crippen LogP contribution in [0.2, 0.25) is 0 Å². The molecule has 2 N–H and O–H groups in total. The number of pyridine rings is 1. The molecule has 0 bridgehead atoms. The molecule has 33 heavy (non-hydrogen) atoms. The summed E-state index contributed by atoms with van der Waals surface area (Å²) in [5.41, 5.74) is 4.69. The van der Waals surface area contributed by atoms with Crippen LogP contribution in [0.5, 0.6) is 0 Å². The van der Waals surface area contributed by atoms with Crippen molar-refractivity contribution in [2.75, 3.05) is 27.2 Å². The second-order valence-electron chi connectivity index (χ2n) is 7.63. The van der Waals surface area contributed by atoms with E-state index in [1.807, 2.05) is 0 Å². The first-order valence-electron chi connectivity index (χ1n) is 10.1. The number of hydrogen-bond acceptors (Lipinski definition) is 7. The molecule has 178 valence electrons. The topological polar surface area (TPSA) is 146 Å². The van der Waals surface area contributed by atoms with Crippen molar-refractivity contribution >= 4 is 31.9 Å². The summed E-state index contributed by atoms with van der Waals surface area (Å²) >= 11 is 0. The van der Waals surface area contributed by atoms with Crippen LogP contribution in [0.4, 0.5) is 0 Å². The Balaban J connectivity index is 1.56. The summed E-state index contributed by atoms with van der Waals surface area (Å²) in [7, 11) is -4.62. The zero-order chi connectivity index (χ0) is 24.2. The zero-order valence-electron chi connectivity index (χ0n) is 18.1. The third-order valence-electron chi connectivity index (χ3n) is 5.27. The van der Waals surface area contributed by atoms with E-state index in [0.717, 1.165) is 4.31 Å². The van der Waals surface area contributed by atoms with Crippen molar-refractivity contribution in [3.8, 4) is 0 Å². The summed E-state index contributed by atoms with van der Waals surface area (Å²) in [5, 5.41) is 0. The van der Waals surface area contributed by atoms with E-state index in [0.29, 0.717) is 0 Å². The largest absolute Gasteiger partial charge is 0.273 e. The summed E-state index contributed by atoms with van der Waals surface area (Å²) in [4.78, 5) is 28.7. The minimum Gasteiger partial charge on any atom is -0.273 e. The summed E-state index contributed by atoms with van der Waals surface area (Å²) in [6.07, 6.45) is 3.35. The molecule has 2 amide bonds. The molecule has 1 aliphatic heterocycles. The minimum atomic E-state index is -3.71. The molecule has 1 aliphatic rings. The van der Waals surface area contributed by atoms with Crippen LogP contribution >= 0.6 is 0 Å². The Hall–Kier alpha value is -2.87. The molecule has 1 aromatic carbocycles. The van der Waals surface area contributed by atoms with E-state index in [-0.39, 0.29) is 41.3 Å². The molecule has 2 aromatic rings. The first-order valence-corrected chi connectivity index (χ1v) is 12.9. The lowest BCUT2D eigenvalue weighted by Gasteiger charge is -2.30. The number of hydrazine groups is 1. The fourth-order valence-corrected chi connectivity index (χ4v) is 5.69. The smallest absolute Gasteiger partial charge is 0.269 e. The number of hydrogen-bond donors (Lipinski definition) is 2. The minimum absolute atomic E-state index is 0.0475. The molecule has 1 fully saturated rings. The number of nitrogens with one attached hydrogen (secondary N) is 2. The van der Waals surface area contributed by atoms with Crippen LogP contribution in [0.15, 0.2) is 58.6 Å². The van der Waals surface area contributed by atoms with Gasteiger partial charge in [-0.25, -0.2) is 21.1 Å². The Bertz CT molecular complexity index is 1220. The maximum atomic E-state index is 12.7. The normalized spacial score (nSPS) is 15.8. The van der Waals surface area contributed by atoms with Crippen LogP contribution in [0.3, 0.4) is 0 Å². The van der Waals surface area contributed by atoms with Crippen LogP contribution < -0.4 is 10.9 Å². The summed E-state index contributed by atoms with van der Waals surface area (Å²) < 4.78 is 52.1. The van der Waals surface area contributed by atoms with Crippen LogP contribution in [0, 0.1) is 5.92 Å². The van der Waals surface area contributed by atoms with Crippen molar-refractivity contribution in [2.45, 2.75) is 22.6 Å². The van der Waals surface area contributed by atoms with Crippen LogP contribution in [0.25, 0.3) is 0 Å². The second kappa shape index (κ2) is 9.95. The lowest BCUT2D eigenvalue weighted by molar-refractivity contribution is -0.126. The third-order valence-corrected chi connectivity index (χ3v) is 8.96. The van der Waals surface area contributed by atoms with E-state index in [1.54, 1.807) is 6.07 Å². The molecule has 0 saturated carbocycles. The molecular formula is C20H25N5O6S2. The lowest BCUT2D eigenvalue weighted by Crippen LogP contribution is -2.48. The van der Waals surface area contributed by atoms with Crippen molar-refractivity contribution in [3.05, 3.63) is 54.4 Å². The molecule has 2 heterocycles. The fourth-order valence-electron chi connectivity index (χ4n) is 3.31. The molecule has 0 atom stereocenters. The molecule has 0 unspecified atom stereocenters. The fraction of sp³-hybridized carbons (Fsp3) is 0.350. The highest BCUT2D eigenvalue weighted by atomic mass is 32.2. The number of sulfonamides is 2. The van der Waals surface area contributed by atoms with Gasteiger partial charge in [0.05, 0.1) is 4.90 Å². The maximum Gasteiger partial charge on any atom is 0.269 e. The van der Waals surface area contributed by atoms with Gasteiger partial charge in [0.2, 0.25) is 26.0 Å². The van der Waals surface area contributed by atoms with Gasteiger partial charge in [0.25, 0.3) is 5.91 Å². The molecule has 11 nitrogen and oxygen atoms in total. The number of carbonyl (C=O) groups excluding carboxylic acids is 2. The van der Waals surface area contributed by atoms with E-state index in [1.165, 1.54) is 61.1 Å². The first kappa shape index (κ1) is 24.8. The number of piperidine rings is 1. The molecular weight excluding hydrogens is 470 g/mol. The van der Waals surface area contributed by atoms with Gasteiger partial charge >= 0.3 is 0 Å². The van der Waals surface area contributed by atoms with Gasteiger partial charge in [-0.15, -0.1) is 0 Å². The van der Waals surface area contributed by atoms with Gasteiger partial charge in [-0.3, -0.25) is 25.4 Å². The summed E-state index contributed by atoms with van der Waals surface area (Å²) in [5.74, 6) is -1.60. The van der Waals surface area contributed by atoms with Crippen LogP contribution in [-0.2, 0) is 24.8 Å². The van der Waals surface area contributed by atoms with Crippen LogP contribution in [0.1, 0.15) is 23.2 Å². The molecule has 0 radical (unpaired) electrons. The molecule has 1 saturated heterocycles. The molecule has 0 aliphatic carbocycles. The van der Waals surface area contributed by atoms with Crippen molar-refractivity contribution in [1.82, 2.24) is 24.4 Å². The van der Waals surface area contributed by atoms with E-state index in [2.05, 4.69) is 15.8 Å². The van der Waals surface area contributed by atoms with Gasteiger partial charge < -0.3 is 0 Å². The Morgan fingerprint density at radius 1 is 1.00 bits per heavy atom. The zero-order valence-corrected chi connectivity index (χ0v) is 19.8. The lowest BCUT2D eigenvalue weighted by atomic mass is 9.98. The predicted molar refractivity (Wildman–Crippen MR) is 119 cm³/mol. The quantitative estimate of drug-likeness (QED) is 0.544. The Morgan fingerprint density at radius 3 is 2.27 bits per heavy atom. The van der Waals surface area contributed by atoms with Gasteiger partial charge in [0, 0.05) is 51.1 Å². The van der Waals surface area contributed by atoms with Crippen molar-refractivity contribution in [3.63, 3.8) is 0 Å². The number of rotatable bonds is 6. The molecule has 13 heteroatoms. The number of benzene rings is 1. The monoisotopic (exact) mass is 495 g/mol. The highest BCUT2D eigenvalue weighted by Gasteiger charge is 2.32. The first-order chi connectivity index (χ1) is 15.5. The summed E-state index contributed by atoms with van der Waals surface area (Å²) in [6, 6.07) is 8.47. The van der Waals surface area contributed by atoms with Crippen molar-refractivity contribution in [1.29, 1.82) is 0 Å². The van der Waals surface area contributed by atoms with Crippen molar-refractivity contribution in [2.24, 2.45) is 5.92 Å². The van der Waals surface area contributed by atoms with Gasteiger partial charge in [-0.1, -0.05) is 6.07 Å². The Morgan fingerprint density at radius 2 is 1.67 bits per heavy atom. The van der Waals surface area contributed by atoms with Gasteiger partial charge in [0.15, 0.2) is 0 Å². The summed E-state index contributed by atoms with van der Waals surface area (Å²) in [6.45, 7) is 0.321. The van der Waals surface area contributed by atoms with E-state index < -0.39 is 37.8 Å². The van der Waals surface area contributed by atoms with Gasteiger partial charge in [-0.2, -0.15) is 4.31 Å². The van der Waals surface area contributed by atoms with E-state index in [4.69, 9.17) is 0 Å². The van der Waals surface area contributed by atoms with E-state index in [9.17, 15) is 26.4 Å². The molecule has 3 rings (SSSR count). The second-order valence-corrected chi connectivity index (χ2v) is 11.7. The number of amides is 2. The highest BCUT2D eigenvalue weighted by molar-refractivity contribution is 7.89. The predicted octanol–water partition coefficient (Wildman–Crippen LogP) is 0.194. The highest BCUT2D eigenvalue weighted by Crippen LogP contribution is 2.23. The SMILES string of the molecule is CN(C)S(=O)(=O)c1cccc(C(=O)NNC(=O)C2CCN(S(=O)(=O)c3cccnc3)CC2)c1. The van der Waals surface area contributed by atoms with Crippen LogP contribution in [-0.4, -0.2) is 69.4 Å². The average Bonchev–Trinajstić information content (AvgIpc) is 2.83. The number of nitrogens with zero attached hydrogens (tertiary/aromatic N) is 3. The Labute approximate surface area is 192 Å².